The standard InChI is InChI=1S/C23H33N3O2/c1-6-19(17-28-22(27)24-20-10-8-7-9-11-20)12-13-21-16-23(2,18-26(21)5)14-15-25(3)4/h6-13H,1,14-18H2,2-5H3,(H,24,27)/b19-12+,21-13+/t23-/m1/s1. The van der Waals surface area contributed by atoms with Crippen molar-refractivity contribution in [3.8, 4) is 0 Å². The Morgan fingerprint density at radius 1 is 1.36 bits per heavy atom. The van der Waals surface area contributed by atoms with Gasteiger partial charge in [-0.05, 0) is 62.7 Å². The number of benzene rings is 1. The monoisotopic (exact) mass is 383 g/mol. The Labute approximate surface area is 169 Å². The summed E-state index contributed by atoms with van der Waals surface area (Å²) in [5.74, 6) is 0. The molecule has 1 aliphatic rings. The maximum atomic E-state index is 11.9. The van der Waals surface area contributed by atoms with Crippen LogP contribution in [0.25, 0.3) is 0 Å². The number of allylic oxidation sites excluding steroid dienone is 3. The third kappa shape index (κ3) is 6.89. The number of nitrogens with zero attached hydrogens (tertiary/aromatic N) is 2. The molecule has 28 heavy (non-hydrogen) atoms. The summed E-state index contributed by atoms with van der Waals surface area (Å²) in [5, 5.41) is 2.71. The molecule has 1 fully saturated rings. The van der Waals surface area contributed by atoms with Crippen LogP contribution in [0.5, 0.6) is 0 Å². The van der Waals surface area contributed by atoms with Gasteiger partial charge in [0.2, 0.25) is 0 Å². The van der Waals surface area contributed by atoms with E-state index in [9.17, 15) is 4.79 Å². The van der Waals surface area contributed by atoms with Gasteiger partial charge in [0.05, 0.1) is 0 Å². The van der Waals surface area contributed by atoms with E-state index in [1.165, 1.54) is 12.1 Å². The number of amides is 1. The lowest BCUT2D eigenvalue weighted by Crippen LogP contribution is -2.26. The second-order valence-electron chi connectivity index (χ2n) is 8.07. The number of nitrogens with one attached hydrogen (secondary N) is 1. The first kappa shape index (κ1) is 21.8. The van der Waals surface area contributed by atoms with Gasteiger partial charge in [-0.15, -0.1) is 0 Å². The van der Waals surface area contributed by atoms with Crippen LogP contribution < -0.4 is 5.32 Å². The number of carbonyl (C=O) groups is 1. The van der Waals surface area contributed by atoms with Gasteiger partial charge < -0.3 is 14.5 Å². The number of hydrogen-bond acceptors (Lipinski definition) is 4. The zero-order valence-electron chi connectivity index (χ0n) is 17.6. The molecule has 1 amide bonds. The van der Waals surface area contributed by atoms with Crippen LogP contribution in [0.1, 0.15) is 19.8 Å². The fraction of sp³-hybridized carbons (Fsp3) is 0.435. The zero-order chi connectivity index (χ0) is 20.6. The van der Waals surface area contributed by atoms with Crippen LogP contribution in [0.3, 0.4) is 0 Å². The smallest absolute Gasteiger partial charge is 0.411 e. The maximum absolute atomic E-state index is 11.9. The molecule has 0 saturated carbocycles. The van der Waals surface area contributed by atoms with Crippen molar-refractivity contribution >= 4 is 11.8 Å². The Kier molecular flexibility index (Phi) is 7.88. The van der Waals surface area contributed by atoms with Crippen molar-refractivity contribution < 1.29 is 9.53 Å². The highest BCUT2D eigenvalue weighted by atomic mass is 16.5. The maximum Gasteiger partial charge on any atom is 0.411 e. The van der Waals surface area contributed by atoms with E-state index in [2.05, 4.69) is 55.8 Å². The SMILES string of the molecule is C=C/C(=C\C=C1/C[C@@](C)(CCN(C)C)CN1C)COC(=O)Nc1ccccc1. The number of hydrogen-bond donors (Lipinski definition) is 1. The number of anilines is 1. The molecule has 0 aromatic heterocycles. The summed E-state index contributed by atoms with van der Waals surface area (Å²) in [6, 6.07) is 9.26. The Bertz CT molecular complexity index is 725. The van der Waals surface area contributed by atoms with Crippen LogP contribution in [0.2, 0.25) is 0 Å². The molecule has 1 aromatic rings. The van der Waals surface area contributed by atoms with Gasteiger partial charge in [0.15, 0.2) is 0 Å². The van der Waals surface area contributed by atoms with Crippen molar-refractivity contribution in [2.45, 2.75) is 19.8 Å². The molecule has 0 unspecified atom stereocenters. The van der Waals surface area contributed by atoms with Crippen molar-refractivity contribution in [3.05, 3.63) is 66.4 Å². The summed E-state index contributed by atoms with van der Waals surface area (Å²) in [5.41, 5.74) is 3.17. The normalized spacial score (nSPS) is 21.2. The summed E-state index contributed by atoms with van der Waals surface area (Å²) in [6.45, 7) is 8.52. The van der Waals surface area contributed by atoms with Gasteiger partial charge in [-0.2, -0.15) is 0 Å². The topological polar surface area (TPSA) is 44.8 Å². The molecule has 5 heteroatoms. The number of carbonyl (C=O) groups excluding carboxylic acids is 1. The molecule has 2 rings (SSSR count). The molecule has 152 valence electrons. The average molecular weight is 384 g/mol. The molecule has 0 aliphatic carbocycles. The highest BCUT2D eigenvalue weighted by Crippen LogP contribution is 2.38. The van der Waals surface area contributed by atoms with Crippen LogP contribution in [0.4, 0.5) is 10.5 Å². The summed E-state index contributed by atoms with van der Waals surface area (Å²) in [4.78, 5) is 16.5. The molecule has 0 radical (unpaired) electrons. The minimum absolute atomic E-state index is 0.188. The summed E-state index contributed by atoms with van der Waals surface area (Å²) < 4.78 is 5.31. The largest absolute Gasteiger partial charge is 0.444 e. The molecule has 1 saturated heterocycles. The quantitative estimate of drug-likeness (QED) is 0.670. The Morgan fingerprint density at radius 2 is 2.07 bits per heavy atom. The molecule has 1 aliphatic heterocycles. The van der Waals surface area contributed by atoms with E-state index >= 15 is 0 Å². The second-order valence-corrected chi connectivity index (χ2v) is 8.07. The van der Waals surface area contributed by atoms with E-state index in [1.54, 1.807) is 6.08 Å². The van der Waals surface area contributed by atoms with Crippen molar-refractivity contribution in [2.24, 2.45) is 5.41 Å². The molecule has 0 spiro atoms. The second kappa shape index (κ2) is 10.1. The highest BCUT2D eigenvalue weighted by Gasteiger charge is 2.34. The Hall–Kier alpha value is -2.53. The molecular formula is C23H33N3O2. The van der Waals surface area contributed by atoms with Gasteiger partial charge in [-0.3, -0.25) is 5.32 Å². The van der Waals surface area contributed by atoms with Gasteiger partial charge >= 0.3 is 6.09 Å². The Morgan fingerprint density at radius 3 is 2.71 bits per heavy atom. The molecule has 5 nitrogen and oxygen atoms in total. The van der Waals surface area contributed by atoms with Crippen molar-refractivity contribution in [1.29, 1.82) is 0 Å². The van der Waals surface area contributed by atoms with E-state index in [1.807, 2.05) is 36.4 Å². The van der Waals surface area contributed by atoms with Crippen LogP contribution in [-0.4, -0.2) is 56.7 Å². The van der Waals surface area contributed by atoms with Crippen LogP contribution in [-0.2, 0) is 4.74 Å². The third-order valence-electron chi connectivity index (χ3n) is 5.02. The van der Waals surface area contributed by atoms with Gasteiger partial charge in [-0.25, -0.2) is 4.79 Å². The molecule has 1 heterocycles. The summed E-state index contributed by atoms with van der Waals surface area (Å²) in [7, 11) is 6.37. The fourth-order valence-electron chi connectivity index (χ4n) is 3.35. The van der Waals surface area contributed by atoms with Crippen LogP contribution in [0.15, 0.2) is 66.4 Å². The first-order chi connectivity index (χ1) is 13.3. The van der Waals surface area contributed by atoms with E-state index in [0.29, 0.717) is 11.1 Å². The van der Waals surface area contributed by atoms with Crippen molar-refractivity contribution in [3.63, 3.8) is 0 Å². The first-order valence-electron chi connectivity index (χ1n) is 9.68. The first-order valence-corrected chi connectivity index (χ1v) is 9.68. The molecule has 0 bridgehead atoms. The number of para-hydroxylation sites is 1. The fourth-order valence-corrected chi connectivity index (χ4v) is 3.35. The number of rotatable bonds is 8. The van der Waals surface area contributed by atoms with E-state index < -0.39 is 6.09 Å². The van der Waals surface area contributed by atoms with Gasteiger partial charge in [-0.1, -0.05) is 43.9 Å². The van der Waals surface area contributed by atoms with E-state index in [-0.39, 0.29) is 6.61 Å². The lowest BCUT2D eigenvalue weighted by atomic mass is 9.85. The Balaban J connectivity index is 1.91. The van der Waals surface area contributed by atoms with Crippen LogP contribution in [0, 0.1) is 5.41 Å². The lowest BCUT2D eigenvalue weighted by Gasteiger charge is -2.25. The zero-order valence-corrected chi connectivity index (χ0v) is 17.6. The summed E-state index contributed by atoms with van der Waals surface area (Å²) in [6.07, 6.45) is 7.59. The summed E-state index contributed by atoms with van der Waals surface area (Å²) >= 11 is 0. The average Bonchev–Trinajstić information content (AvgIpc) is 2.95. The van der Waals surface area contributed by atoms with Gasteiger partial charge in [0.1, 0.15) is 6.61 Å². The van der Waals surface area contributed by atoms with E-state index in [0.717, 1.165) is 25.1 Å². The molecule has 1 N–H and O–H groups in total. The van der Waals surface area contributed by atoms with Crippen molar-refractivity contribution in [2.75, 3.05) is 46.2 Å². The predicted octanol–water partition coefficient (Wildman–Crippen LogP) is 4.52. The molecule has 1 atom stereocenters. The van der Waals surface area contributed by atoms with E-state index in [4.69, 9.17) is 4.74 Å². The minimum Gasteiger partial charge on any atom is -0.444 e. The molecular weight excluding hydrogens is 350 g/mol. The highest BCUT2D eigenvalue weighted by molar-refractivity contribution is 5.84. The number of ether oxygens (including phenoxy) is 1. The number of likely N-dealkylation sites (tertiary alicyclic amines) is 1. The lowest BCUT2D eigenvalue weighted by molar-refractivity contribution is 0.172. The van der Waals surface area contributed by atoms with Crippen molar-refractivity contribution in [1.82, 2.24) is 9.80 Å². The minimum atomic E-state index is -0.471. The van der Waals surface area contributed by atoms with Crippen LogP contribution >= 0.6 is 0 Å². The predicted molar refractivity (Wildman–Crippen MR) is 116 cm³/mol. The van der Waals surface area contributed by atoms with Gasteiger partial charge in [0.25, 0.3) is 0 Å². The molecule has 1 aromatic carbocycles. The third-order valence-corrected chi connectivity index (χ3v) is 5.02. The van der Waals surface area contributed by atoms with Gasteiger partial charge in [0, 0.05) is 25.0 Å².